The minimum atomic E-state index is -1.05. The number of hydrogen-bond acceptors (Lipinski definition) is 4. The van der Waals surface area contributed by atoms with Crippen molar-refractivity contribution in [3.8, 4) is 0 Å². The second-order valence-electron chi connectivity index (χ2n) is 6.12. The van der Waals surface area contributed by atoms with E-state index in [1.165, 1.54) is 6.92 Å². The summed E-state index contributed by atoms with van der Waals surface area (Å²) in [6, 6.07) is 16.5. The number of carbonyl (C=O) groups excluding carboxylic acids is 2. The molecule has 2 amide bonds. The van der Waals surface area contributed by atoms with Crippen molar-refractivity contribution >= 4 is 28.9 Å². The largest absolute Gasteiger partial charge is 0.379 e. The molecule has 3 rings (SSSR count). The van der Waals surface area contributed by atoms with Crippen molar-refractivity contribution in [3.05, 3.63) is 60.2 Å². The van der Waals surface area contributed by atoms with Crippen LogP contribution in [0.25, 0.3) is 0 Å². The van der Waals surface area contributed by atoms with Crippen molar-refractivity contribution in [2.75, 3.05) is 10.6 Å². The van der Waals surface area contributed by atoms with Crippen LogP contribution in [-0.2, 0) is 14.4 Å². The Kier molecular flexibility index (Phi) is 4.52. The molecule has 1 atom stereocenters. The maximum Gasteiger partial charge on any atom is 0.271 e. The van der Waals surface area contributed by atoms with Crippen LogP contribution in [0.1, 0.15) is 25.8 Å². The third-order valence-electron chi connectivity index (χ3n) is 3.91. The molecule has 1 aliphatic rings. The van der Waals surface area contributed by atoms with E-state index in [9.17, 15) is 9.59 Å². The van der Waals surface area contributed by atoms with Gasteiger partial charge in [-0.15, -0.1) is 0 Å². The number of benzene rings is 2. The predicted octanol–water partition coefficient (Wildman–Crippen LogP) is 3.17. The molecule has 0 fully saturated rings. The summed E-state index contributed by atoms with van der Waals surface area (Å²) in [6.07, 6.45) is 0.396. The van der Waals surface area contributed by atoms with Gasteiger partial charge in [-0.05, 0) is 36.8 Å². The zero-order valence-electron chi connectivity index (χ0n) is 14.1. The summed E-state index contributed by atoms with van der Waals surface area (Å²) >= 11 is 0. The van der Waals surface area contributed by atoms with Crippen molar-refractivity contribution in [2.45, 2.75) is 25.9 Å². The van der Waals surface area contributed by atoms with E-state index in [2.05, 4.69) is 15.8 Å². The summed E-state index contributed by atoms with van der Waals surface area (Å²) in [7, 11) is 0. The number of amides is 2. The number of nitrogens with zero attached hydrogens (tertiary/aromatic N) is 1. The molecule has 25 heavy (non-hydrogen) atoms. The number of hydrogen-bond donors (Lipinski definition) is 2. The van der Waals surface area contributed by atoms with Gasteiger partial charge >= 0.3 is 0 Å². The first kappa shape index (κ1) is 16.7. The Balaban J connectivity index is 1.64. The van der Waals surface area contributed by atoms with E-state index in [0.717, 1.165) is 11.3 Å². The molecule has 0 spiro atoms. The van der Waals surface area contributed by atoms with Gasteiger partial charge in [0, 0.05) is 24.7 Å². The first-order chi connectivity index (χ1) is 12.0. The fourth-order valence-electron chi connectivity index (χ4n) is 2.55. The molecule has 2 N–H and O–H groups in total. The minimum absolute atomic E-state index is 0.144. The molecule has 0 saturated carbocycles. The van der Waals surface area contributed by atoms with Gasteiger partial charge in [-0.3, -0.25) is 9.59 Å². The molecule has 2 aromatic carbocycles. The van der Waals surface area contributed by atoms with Crippen LogP contribution in [-0.4, -0.2) is 23.1 Å². The van der Waals surface area contributed by atoms with E-state index in [0.29, 0.717) is 17.8 Å². The highest BCUT2D eigenvalue weighted by molar-refractivity contribution is 6.07. The van der Waals surface area contributed by atoms with Gasteiger partial charge in [0.1, 0.15) is 0 Å². The predicted molar refractivity (Wildman–Crippen MR) is 96.5 cm³/mol. The average molecular weight is 337 g/mol. The van der Waals surface area contributed by atoms with E-state index in [1.807, 2.05) is 30.3 Å². The molecular formula is C19H19N3O3. The molecule has 6 heteroatoms. The van der Waals surface area contributed by atoms with Crippen molar-refractivity contribution < 1.29 is 14.4 Å². The average Bonchev–Trinajstić information content (AvgIpc) is 3.01. The lowest BCUT2D eigenvalue weighted by atomic mass is 9.95. The Morgan fingerprint density at radius 2 is 1.60 bits per heavy atom. The molecule has 0 aromatic heterocycles. The van der Waals surface area contributed by atoms with Crippen LogP contribution in [0.4, 0.5) is 11.4 Å². The quantitative estimate of drug-likeness (QED) is 0.899. The monoisotopic (exact) mass is 337 g/mol. The molecule has 1 aliphatic heterocycles. The van der Waals surface area contributed by atoms with Crippen LogP contribution < -0.4 is 10.6 Å². The fourth-order valence-corrected chi connectivity index (χ4v) is 2.55. The SMILES string of the molecule is CC(=O)Nc1ccc(NC(=O)[C@]2(C)CC(c3ccccc3)=NO2)cc1. The van der Waals surface area contributed by atoms with Gasteiger partial charge in [-0.25, -0.2) is 0 Å². The molecule has 0 saturated heterocycles. The molecule has 0 radical (unpaired) electrons. The fraction of sp³-hybridized carbons (Fsp3) is 0.211. The Morgan fingerprint density at radius 3 is 2.20 bits per heavy atom. The maximum atomic E-state index is 12.6. The van der Waals surface area contributed by atoms with Crippen LogP contribution >= 0.6 is 0 Å². The van der Waals surface area contributed by atoms with Crippen LogP contribution in [0.3, 0.4) is 0 Å². The zero-order valence-corrected chi connectivity index (χ0v) is 14.1. The summed E-state index contributed by atoms with van der Waals surface area (Å²) in [5, 5.41) is 9.58. The Hall–Kier alpha value is -3.15. The first-order valence-corrected chi connectivity index (χ1v) is 7.96. The molecule has 0 bridgehead atoms. The van der Waals surface area contributed by atoms with Crippen molar-refractivity contribution in [3.63, 3.8) is 0 Å². The molecule has 1 heterocycles. The second kappa shape index (κ2) is 6.76. The summed E-state index contributed by atoms with van der Waals surface area (Å²) < 4.78 is 0. The molecule has 0 unspecified atom stereocenters. The standard InChI is InChI=1S/C19H19N3O3/c1-13(23)20-15-8-10-16(11-9-15)21-18(24)19(2)12-17(22-25-19)14-6-4-3-5-7-14/h3-11H,12H2,1-2H3,(H,20,23)(H,21,24)/t19-/m0/s1. The summed E-state index contributed by atoms with van der Waals surface area (Å²) in [5.74, 6) is -0.413. The van der Waals surface area contributed by atoms with Crippen molar-refractivity contribution in [1.29, 1.82) is 0 Å². The number of oxime groups is 1. The van der Waals surface area contributed by atoms with Gasteiger partial charge in [0.15, 0.2) is 0 Å². The highest BCUT2D eigenvalue weighted by atomic mass is 16.7. The van der Waals surface area contributed by atoms with E-state index in [1.54, 1.807) is 31.2 Å². The lowest BCUT2D eigenvalue weighted by molar-refractivity contribution is -0.135. The molecule has 0 aliphatic carbocycles. The highest BCUT2D eigenvalue weighted by Gasteiger charge is 2.42. The van der Waals surface area contributed by atoms with Gasteiger partial charge in [0.25, 0.3) is 5.91 Å². The van der Waals surface area contributed by atoms with E-state index in [-0.39, 0.29) is 11.8 Å². The van der Waals surface area contributed by atoms with E-state index >= 15 is 0 Å². The number of rotatable bonds is 4. The van der Waals surface area contributed by atoms with Crippen LogP contribution in [0.2, 0.25) is 0 Å². The summed E-state index contributed by atoms with van der Waals surface area (Å²) in [4.78, 5) is 29.1. The van der Waals surface area contributed by atoms with Gasteiger partial charge in [0.2, 0.25) is 11.5 Å². The number of anilines is 2. The van der Waals surface area contributed by atoms with Gasteiger partial charge in [0.05, 0.1) is 5.71 Å². The Bertz CT molecular complexity index is 816. The first-order valence-electron chi connectivity index (χ1n) is 7.96. The van der Waals surface area contributed by atoms with Gasteiger partial charge in [-0.1, -0.05) is 35.5 Å². The minimum Gasteiger partial charge on any atom is -0.379 e. The molecule has 128 valence electrons. The van der Waals surface area contributed by atoms with Gasteiger partial charge < -0.3 is 15.5 Å². The van der Waals surface area contributed by atoms with Crippen LogP contribution in [0, 0.1) is 0 Å². The number of nitrogens with one attached hydrogen (secondary N) is 2. The smallest absolute Gasteiger partial charge is 0.271 e. The molecule has 6 nitrogen and oxygen atoms in total. The van der Waals surface area contributed by atoms with Gasteiger partial charge in [-0.2, -0.15) is 0 Å². The van der Waals surface area contributed by atoms with E-state index in [4.69, 9.17) is 4.84 Å². The molecule has 2 aromatic rings. The van der Waals surface area contributed by atoms with Crippen LogP contribution in [0.5, 0.6) is 0 Å². The summed E-state index contributed by atoms with van der Waals surface area (Å²) in [5.41, 5.74) is 1.93. The number of carbonyl (C=O) groups is 2. The third-order valence-corrected chi connectivity index (χ3v) is 3.91. The highest BCUT2D eigenvalue weighted by Crippen LogP contribution is 2.28. The Morgan fingerprint density at radius 1 is 1.00 bits per heavy atom. The lowest BCUT2D eigenvalue weighted by Gasteiger charge is -2.20. The third kappa shape index (κ3) is 3.85. The van der Waals surface area contributed by atoms with Crippen LogP contribution in [0.15, 0.2) is 59.8 Å². The maximum absolute atomic E-state index is 12.6. The normalized spacial score (nSPS) is 18.9. The topological polar surface area (TPSA) is 79.8 Å². The summed E-state index contributed by atoms with van der Waals surface area (Å²) in [6.45, 7) is 3.16. The second-order valence-corrected chi connectivity index (χ2v) is 6.12. The van der Waals surface area contributed by atoms with Crippen molar-refractivity contribution in [1.82, 2.24) is 0 Å². The lowest BCUT2D eigenvalue weighted by Crippen LogP contribution is -2.40. The van der Waals surface area contributed by atoms with Crippen molar-refractivity contribution in [2.24, 2.45) is 5.16 Å². The Labute approximate surface area is 145 Å². The van der Waals surface area contributed by atoms with E-state index < -0.39 is 5.60 Å². The molecular weight excluding hydrogens is 318 g/mol. The zero-order chi connectivity index (χ0) is 17.9.